The van der Waals surface area contributed by atoms with Gasteiger partial charge in [0, 0.05) is 42.2 Å². The number of H-pyrrole nitrogens is 2. The number of amides is 1. The van der Waals surface area contributed by atoms with E-state index in [0.29, 0.717) is 17.9 Å². The zero-order chi connectivity index (χ0) is 25.6. The van der Waals surface area contributed by atoms with Gasteiger partial charge in [0.25, 0.3) is 12.4 Å². The largest absolute Gasteiger partial charge is 0.483 e. The highest BCUT2D eigenvalue weighted by atomic mass is 16.5. The number of aromatic amines is 2. The highest BCUT2D eigenvalue weighted by Gasteiger charge is 2.16. The number of pyridine rings is 2. The van der Waals surface area contributed by atoms with Gasteiger partial charge in [-0.1, -0.05) is 6.07 Å². The number of morpholine rings is 1. The number of hydrogen-bond acceptors (Lipinski definition) is 8. The van der Waals surface area contributed by atoms with Crippen molar-refractivity contribution in [2.45, 2.75) is 6.54 Å². The van der Waals surface area contributed by atoms with E-state index in [-0.39, 0.29) is 12.4 Å². The predicted molar refractivity (Wildman–Crippen MR) is 136 cm³/mol. The maximum atomic E-state index is 13.1. The zero-order valence-corrected chi connectivity index (χ0v) is 19.7. The molecule has 1 amide bonds. The molecule has 12 heteroatoms. The lowest BCUT2D eigenvalue weighted by molar-refractivity contribution is -0.122. The van der Waals surface area contributed by atoms with Crippen LogP contribution in [0, 0.1) is 0 Å². The summed E-state index contributed by atoms with van der Waals surface area (Å²) >= 11 is 0. The molecule has 1 saturated heterocycles. The lowest BCUT2D eigenvalue weighted by Crippen LogP contribution is -2.36. The molecule has 1 aromatic carbocycles. The fourth-order valence-corrected chi connectivity index (χ4v) is 4.18. The van der Waals surface area contributed by atoms with Crippen LogP contribution < -0.4 is 5.32 Å². The minimum atomic E-state index is -0.271. The molecule has 0 spiro atoms. The number of benzene rings is 1. The van der Waals surface area contributed by atoms with Gasteiger partial charge in [-0.2, -0.15) is 10.2 Å². The molecule has 1 aliphatic rings. The highest BCUT2D eigenvalue weighted by molar-refractivity contribution is 6.08. The molecule has 5 heterocycles. The Morgan fingerprint density at radius 3 is 2.73 bits per heavy atom. The minimum absolute atomic E-state index is 0.250. The molecule has 4 N–H and O–H groups in total. The van der Waals surface area contributed by atoms with Crippen molar-refractivity contribution in [1.29, 1.82) is 0 Å². The molecule has 12 nitrogen and oxygen atoms in total. The smallest absolute Gasteiger partial charge is 0.290 e. The second kappa shape index (κ2) is 10.9. The van der Waals surface area contributed by atoms with E-state index in [9.17, 15) is 4.79 Å². The minimum Gasteiger partial charge on any atom is -0.483 e. The van der Waals surface area contributed by atoms with Crippen LogP contribution in [-0.4, -0.2) is 79.1 Å². The molecular weight excluding hydrogens is 476 g/mol. The number of carboxylic acid groups (broad SMARTS) is 1. The quantitative estimate of drug-likeness (QED) is 0.266. The molecule has 0 unspecified atom stereocenters. The fourth-order valence-electron chi connectivity index (χ4n) is 4.18. The molecule has 4 aromatic heterocycles. The van der Waals surface area contributed by atoms with Gasteiger partial charge in [0.2, 0.25) is 0 Å². The number of rotatable bonds is 5. The summed E-state index contributed by atoms with van der Waals surface area (Å²) in [4.78, 5) is 32.8. The molecule has 1 aliphatic heterocycles. The molecule has 1 fully saturated rings. The number of carbonyl (C=O) groups is 2. The van der Waals surface area contributed by atoms with Crippen LogP contribution in [0.15, 0.2) is 55.0 Å². The second-order valence-corrected chi connectivity index (χ2v) is 8.35. The normalized spacial score (nSPS) is 13.7. The average Bonchev–Trinajstić information content (AvgIpc) is 3.59. The van der Waals surface area contributed by atoms with Crippen molar-refractivity contribution in [3.63, 3.8) is 0 Å². The standard InChI is InChI=1S/C24H22N8O2.CH2O2/c33-24(20-3-1-2-18(28-20)14-32-4-6-34-7-5-32)29-21-9-15(10-22-19(21)13-27-30-22)16-8-17-12-26-31-23(17)25-11-16;2-1-3/h1-3,8-13H,4-7,14H2,(H,27,30)(H,29,33)(H,25,26,31);1H,(H,2,3). The summed E-state index contributed by atoms with van der Waals surface area (Å²) in [6.45, 7) is 3.61. The first kappa shape index (κ1) is 24.0. The Kier molecular flexibility index (Phi) is 7.10. The molecule has 0 aliphatic carbocycles. The first-order chi connectivity index (χ1) is 18.1. The average molecular weight is 501 g/mol. The summed E-state index contributed by atoms with van der Waals surface area (Å²) in [5.74, 6) is -0.271. The van der Waals surface area contributed by atoms with Gasteiger partial charge in [0.15, 0.2) is 5.65 Å². The Morgan fingerprint density at radius 2 is 1.89 bits per heavy atom. The van der Waals surface area contributed by atoms with Gasteiger partial charge in [0.05, 0.1) is 42.5 Å². The lowest BCUT2D eigenvalue weighted by Gasteiger charge is -2.26. The van der Waals surface area contributed by atoms with Crippen LogP contribution in [0.2, 0.25) is 0 Å². The van der Waals surface area contributed by atoms with Gasteiger partial charge in [-0.3, -0.25) is 24.7 Å². The Morgan fingerprint density at radius 1 is 1.08 bits per heavy atom. The van der Waals surface area contributed by atoms with Crippen molar-refractivity contribution in [1.82, 2.24) is 35.3 Å². The Labute approximate surface area is 210 Å². The third-order valence-electron chi connectivity index (χ3n) is 5.96. The van der Waals surface area contributed by atoms with Gasteiger partial charge >= 0.3 is 0 Å². The Balaban J connectivity index is 0.000000892. The molecule has 0 saturated carbocycles. The number of ether oxygens (including phenoxy) is 1. The van der Waals surface area contributed by atoms with Crippen molar-refractivity contribution in [3.05, 3.63) is 66.4 Å². The molecule has 6 rings (SSSR count). The van der Waals surface area contributed by atoms with E-state index in [4.69, 9.17) is 14.6 Å². The molecular formula is C25H24N8O4. The number of anilines is 1. The number of fused-ring (bicyclic) bond motifs is 2. The van der Waals surface area contributed by atoms with Gasteiger partial charge in [-0.15, -0.1) is 0 Å². The summed E-state index contributed by atoms with van der Waals surface area (Å²) in [6, 6.07) is 11.5. The SMILES string of the molecule is O=C(Nc1cc(-c2cnc3[nH]ncc3c2)cc2[nH]ncc12)c1cccc(CN2CCOCC2)n1.O=CO. The van der Waals surface area contributed by atoms with Crippen molar-refractivity contribution in [2.24, 2.45) is 0 Å². The Bertz CT molecular complexity index is 1540. The molecule has 188 valence electrons. The van der Waals surface area contributed by atoms with Crippen molar-refractivity contribution < 1.29 is 19.4 Å². The predicted octanol–water partition coefficient (Wildman–Crippen LogP) is 2.68. The maximum Gasteiger partial charge on any atom is 0.290 e. The highest BCUT2D eigenvalue weighted by Crippen LogP contribution is 2.31. The van der Waals surface area contributed by atoms with Gasteiger partial charge in [-0.05, 0) is 35.9 Å². The first-order valence-corrected chi connectivity index (χ1v) is 11.6. The summed E-state index contributed by atoms with van der Waals surface area (Å²) < 4.78 is 5.41. The lowest BCUT2D eigenvalue weighted by atomic mass is 10.0. The van der Waals surface area contributed by atoms with E-state index in [0.717, 1.165) is 65.1 Å². The van der Waals surface area contributed by atoms with Gasteiger partial charge in [0.1, 0.15) is 5.69 Å². The molecule has 0 bridgehead atoms. The van der Waals surface area contributed by atoms with Gasteiger partial charge < -0.3 is 15.2 Å². The van der Waals surface area contributed by atoms with Crippen molar-refractivity contribution in [3.8, 4) is 11.1 Å². The summed E-state index contributed by atoms with van der Waals surface area (Å²) in [5, 5.41) is 25.7. The van der Waals surface area contributed by atoms with Crippen LogP contribution in [0.4, 0.5) is 5.69 Å². The van der Waals surface area contributed by atoms with E-state index >= 15 is 0 Å². The maximum absolute atomic E-state index is 13.1. The third-order valence-corrected chi connectivity index (χ3v) is 5.96. The first-order valence-electron chi connectivity index (χ1n) is 11.6. The number of hydrogen-bond donors (Lipinski definition) is 4. The monoisotopic (exact) mass is 500 g/mol. The van der Waals surface area contributed by atoms with Crippen molar-refractivity contribution in [2.75, 3.05) is 31.6 Å². The van der Waals surface area contributed by atoms with Crippen LogP contribution in [0.25, 0.3) is 33.1 Å². The van der Waals surface area contributed by atoms with Crippen LogP contribution in [0.3, 0.4) is 0 Å². The molecule has 5 aromatic rings. The summed E-state index contributed by atoms with van der Waals surface area (Å²) in [7, 11) is 0. The topological polar surface area (TPSA) is 162 Å². The molecule has 0 atom stereocenters. The number of nitrogens with zero attached hydrogens (tertiary/aromatic N) is 5. The summed E-state index contributed by atoms with van der Waals surface area (Å²) in [5.41, 5.74) is 5.23. The summed E-state index contributed by atoms with van der Waals surface area (Å²) in [6.07, 6.45) is 5.22. The second-order valence-electron chi connectivity index (χ2n) is 8.35. The van der Waals surface area contributed by atoms with Gasteiger partial charge in [-0.25, -0.2) is 9.97 Å². The van der Waals surface area contributed by atoms with Crippen LogP contribution in [-0.2, 0) is 16.1 Å². The van der Waals surface area contributed by atoms with E-state index in [1.807, 2.05) is 30.3 Å². The Hall–Kier alpha value is -4.68. The van der Waals surface area contributed by atoms with Crippen LogP contribution in [0.1, 0.15) is 16.2 Å². The third kappa shape index (κ3) is 5.44. The molecule has 37 heavy (non-hydrogen) atoms. The zero-order valence-electron chi connectivity index (χ0n) is 19.7. The van der Waals surface area contributed by atoms with E-state index in [2.05, 4.69) is 40.6 Å². The van der Waals surface area contributed by atoms with Crippen LogP contribution >= 0.6 is 0 Å². The van der Waals surface area contributed by atoms with Crippen molar-refractivity contribution >= 4 is 40.0 Å². The van der Waals surface area contributed by atoms with E-state index < -0.39 is 0 Å². The van der Waals surface area contributed by atoms with E-state index in [1.54, 1.807) is 24.7 Å². The number of carbonyl (C=O) groups excluding carboxylic acids is 1. The fraction of sp³-hybridized carbons (Fsp3) is 0.200. The van der Waals surface area contributed by atoms with E-state index in [1.165, 1.54) is 0 Å². The van der Waals surface area contributed by atoms with Crippen LogP contribution in [0.5, 0.6) is 0 Å². The molecule has 0 radical (unpaired) electrons. The number of aromatic nitrogens is 6. The number of nitrogens with one attached hydrogen (secondary N) is 3.